The third-order valence-electron chi connectivity index (χ3n) is 3.45. The first-order valence-corrected chi connectivity index (χ1v) is 7.64. The van der Waals surface area contributed by atoms with Crippen LogP contribution in [0, 0.1) is 0 Å². The van der Waals surface area contributed by atoms with Gasteiger partial charge in [-0.2, -0.15) is 5.10 Å². The van der Waals surface area contributed by atoms with E-state index in [2.05, 4.69) is 25.7 Å². The zero-order valence-corrected chi connectivity index (χ0v) is 12.8. The van der Waals surface area contributed by atoms with E-state index < -0.39 is 0 Å². The molecule has 0 unspecified atom stereocenters. The fraction of sp³-hybridized carbons (Fsp3) is 0.400. The molecule has 0 aliphatic rings. The Bertz CT molecular complexity index is 725. The molecule has 0 fully saturated rings. The average molecular weight is 316 g/mol. The zero-order valence-electron chi connectivity index (χ0n) is 12.8. The largest absolute Gasteiger partial charge is 0.380 e. The van der Waals surface area contributed by atoms with E-state index in [0.29, 0.717) is 19.7 Å². The molecular weight excluding hydrogens is 296 g/mol. The summed E-state index contributed by atoms with van der Waals surface area (Å²) in [6.45, 7) is 2.72. The SMILES string of the molecule is NCCCCOCCNc1nc(-c2cnoc2)cc2[nH]ncc12. The Morgan fingerprint density at radius 2 is 2.22 bits per heavy atom. The number of nitrogens with one attached hydrogen (secondary N) is 2. The summed E-state index contributed by atoms with van der Waals surface area (Å²) in [4.78, 5) is 4.62. The van der Waals surface area contributed by atoms with E-state index in [1.54, 1.807) is 18.7 Å². The van der Waals surface area contributed by atoms with Crippen molar-refractivity contribution in [3.63, 3.8) is 0 Å². The minimum absolute atomic E-state index is 0.614. The van der Waals surface area contributed by atoms with Crippen molar-refractivity contribution >= 4 is 16.7 Å². The molecule has 0 bridgehead atoms. The predicted octanol–water partition coefficient (Wildman–Crippen LogP) is 1.78. The average Bonchev–Trinajstić information content (AvgIpc) is 3.24. The van der Waals surface area contributed by atoms with Gasteiger partial charge in [0.25, 0.3) is 0 Å². The molecule has 0 saturated heterocycles. The number of hydrogen-bond acceptors (Lipinski definition) is 7. The third kappa shape index (κ3) is 3.85. The number of aromatic nitrogens is 4. The van der Waals surface area contributed by atoms with Crippen LogP contribution in [0.15, 0.2) is 29.2 Å². The molecule has 0 atom stereocenters. The molecule has 8 nitrogen and oxygen atoms in total. The van der Waals surface area contributed by atoms with E-state index >= 15 is 0 Å². The lowest BCUT2D eigenvalue weighted by molar-refractivity contribution is 0.140. The van der Waals surface area contributed by atoms with Crippen LogP contribution in [0.2, 0.25) is 0 Å². The van der Waals surface area contributed by atoms with Crippen molar-refractivity contribution in [2.45, 2.75) is 12.8 Å². The number of anilines is 1. The van der Waals surface area contributed by atoms with Crippen LogP contribution < -0.4 is 11.1 Å². The lowest BCUT2D eigenvalue weighted by atomic mass is 10.2. The number of rotatable bonds is 9. The van der Waals surface area contributed by atoms with E-state index in [1.165, 1.54) is 0 Å². The van der Waals surface area contributed by atoms with E-state index in [9.17, 15) is 0 Å². The first-order chi connectivity index (χ1) is 11.4. The van der Waals surface area contributed by atoms with Crippen molar-refractivity contribution in [2.75, 3.05) is 31.6 Å². The maximum Gasteiger partial charge on any atom is 0.137 e. The molecule has 0 aliphatic heterocycles. The Balaban J connectivity index is 1.64. The van der Waals surface area contributed by atoms with Crippen LogP contribution >= 0.6 is 0 Å². The number of unbranched alkanes of at least 4 members (excludes halogenated alkanes) is 1. The number of fused-ring (bicyclic) bond motifs is 1. The van der Waals surface area contributed by atoms with Gasteiger partial charge in [-0.05, 0) is 25.5 Å². The lowest BCUT2D eigenvalue weighted by Crippen LogP contribution is -2.12. The Kier molecular flexibility index (Phi) is 5.17. The molecule has 0 saturated carbocycles. The summed E-state index contributed by atoms with van der Waals surface area (Å²) in [6.07, 6.45) is 6.93. The number of H-pyrrole nitrogens is 1. The van der Waals surface area contributed by atoms with Gasteiger partial charge in [0.1, 0.15) is 12.1 Å². The second kappa shape index (κ2) is 7.70. The van der Waals surface area contributed by atoms with Crippen LogP contribution in [-0.4, -0.2) is 46.6 Å². The summed E-state index contributed by atoms with van der Waals surface area (Å²) in [6, 6.07) is 1.92. The highest BCUT2D eigenvalue weighted by Gasteiger charge is 2.10. The van der Waals surface area contributed by atoms with E-state index in [1.807, 2.05) is 6.07 Å². The predicted molar refractivity (Wildman–Crippen MR) is 87.0 cm³/mol. The second-order valence-corrected chi connectivity index (χ2v) is 5.14. The molecule has 0 aliphatic carbocycles. The van der Waals surface area contributed by atoms with Crippen LogP contribution in [0.4, 0.5) is 5.82 Å². The normalized spacial score (nSPS) is 11.2. The van der Waals surface area contributed by atoms with Gasteiger partial charge in [0, 0.05) is 13.2 Å². The summed E-state index contributed by atoms with van der Waals surface area (Å²) in [5.74, 6) is 0.762. The van der Waals surface area contributed by atoms with Crippen LogP contribution in [0.3, 0.4) is 0 Å². The maximum absolute atomic E-state index is 5.56. The minimum atomic E-state index is 0.614. The van der Waals surface area contributed by atoms with E-state index in [0.717, 1.165) is 47.4 Å². The number of hydrogen-bond donors (Lipinski definition) is 3. The second-order valence-electron chi connectivity index (χ2n) is 5.14. The number of nitrogens with two attached hydrogens (primary N) is 1. The molecule has 0 aromatic carbocycles. The minimum Gasteiger partial charge on any atom is -0.380 e. The summed E-state index contributed by atoms with van der Waals surface area (Å²) in [5, 5.41) is 15.0. The monoisotopic (exact) mass is 316 g/mol. The summed E-state index contributed by atoms with van der Waals surface area (Å²) >= 11 is 0. The fourth-order valence-electron chi connectivity index (χ4n) is 2.25. The van der Waals surface area contributed by atoms with Gasteiger partial charge in [0.2, 0.25) is 0 Å². The van der Waals surface area contributed by atoms with Gasteiger partial charge in [-0.25, -0.2) is 4.98 Å². The van der Waals surface area contributed by atoms with Gasteiger partial charge in [0.05, 0.1) is 41.2 Å². The Labute approximate surface area is 133 Å². The van der Waals surface area contributed by atoms with Gasteiger partial charge in [-0.15, -0.1) is 0 Å². The van der Waals surface area contributed by atoms with Crippen LogP contribution in [0.25, 0.3) is 22.2 Å². The molecule has 0 radical (unpaired) electrons. The number of ether oxygens (including phenoxy) is 1. The maximum atomic E-state index is 5.56. The number of aromatic amines is 1. The molecule has 8 heteroatoms. The van der Waals surface area contributed by atoms with Crippen molar-refractivity contribution in [1.82, 2.24) is 20.3 Å². The molecule has 0 amide bonds. The number of pyridine rings is 1. The van der Waals surface area contributed by atoms with Crippen molar-refractivity contribution < 1.29 is 9.26 Å². The van der Waals surface area contributed by atoms with E-state index in [4.69, 9.17) is 15.0 Å². The van der Waals surface area contributed by atoms with Gasteiger partial charge in [-0.1, -0.05) is 5.16 Å². The molecular formula is C15H20N6O2. The zero-order chi connectivity index (χ0) is 15.9. The van der Waals surface area contributed by atoms with Gasteiger partial charge >= 0.3 is 0 Å². The summed E-state index contributed by atoms with van der Waals surface area (Å²) in [7, 11) is 0. The highest BCUT2D eigenvalue weighted by Crippen LogP contribution is 2.26. The first-order valence-electron chi connectivity index (χ1n) is 7.64. The molecule has 0 spiro atoms. The smallest absolute Gasteiger partial charge is 0.137 e. The first kappa shape index (κ1) is 15.4. The van der Waals surface area contributed by atoms with E-state index in [-0.39, 0.29) is 0 Å². The van der Waals surface area contributed by atoms with Crippen molar-refractivity contribution in [3.8, 4) is 11.3 Å². The standard InChI is InChI=1S/C15H20N6O2/c16-3-1-2-5-22-6-4-17-15-12-9-18-21-14(12)7-13(20-15)11-8-19-23-10-11/h7-10H,1-6,16H2,(H,17,20)(H,18,21). The van der Waals surface area contributed by atoms with Gasteiger partial charge in [0.15, 0.2) is 0 Å². The molecule has 3 aromatic rings. The highest BCUT2D eigenvalue weighted by molar-refractivity contribution is 5.91. The number of nitrogens with zero attached hydrogens (tertiary/aromatic N) is 3. The topological polar surface area (TPSA) is 115 Å². The van der Waals surface area contributed by atoms with Crippen LogP contribution in [0.5, 0.6) is 0 Å². The summed E-state index contributed by atoms with van der Waals surface area (Å²) < 4.78 is 10.4. The van der Waals surface area contributed by atoms with Gasteiger partial charge < -0.3 is 20.3 Å². The van der Waals surface area contributed by atoms with Crippen molar-refractivity contribution in [3.05, 3.63) is 24.7 Å². The van der Waals surface area contributed by atoms with Crippen molar-refractivity contribution in [1.29, 1.82) is 0 Å². The molecule has 3 aromatic heterocycles. The third-order valence-corrected chi connectivity index (χ3v) is 3.45. The van der Waals surface area contributed by atoms with Gasteiger partial charge in [-0.3, -0.25) is 5.10 Å². The fourth-order valence-corrected chi connectivity index (χ4v) is 2.25. The molecule has 3 rings (SSSR count). The lowest BCUT2D eigenvalue weighted by Gasteiger charge is -2.09. The van der Waals surface area contributed by atoms with Crippen LogP contribution in [0.1, 0.15) is 12.8 Å². The Hall–Kier alpha value is -2.45. The quantitative estimate of drug-likeness (QED) is 0.515. The van der Waals surface area contributed by atoms with Crippen LogP contribution in [-0.2, 0) is 4.74 Å². The molecule has 122 valence electrons. The highest BCUT2D eigenvalue weighted by atomic mass is 16.5. The molecule has 23 heavy (non-hydrogen) atoms. The molecule has 3 heterocycles. The Morgan fingerprint density at radius 3 is 3.04 bits per heavy atom. The summed E-state index contributed by atoms with van der Waals surface area (Å²) in [5.41, 5.74) is 7.95. The van der Waals surface area contributed by atoms with Crippen molar-refractivity contribution in [2.24, 2.45) is 5.73 Å². The Morgan fingerprint density at radius 1 is 1.26 bits per heavy atom. The molecule has 4 N–H and O–H groups in total.